The summed E-state index contributed by atoms with van der Waals surface area (Å²) >= 11 is 0. The molecule has 0 saturated heterocycles. The lowest BCUT2D eigenvalue weighted by Crippen LogP contribution is -2.40. The van der Waals surface area contributed by atoms with Gasteiger partial charge in [0.05, 0.1) is 12.6 Å². The van der Waals surface area contributed by atoms with Crippen molar-refractivity contribution < 1.29 is 9.59 Å². The minimum atomic E-state index is -0.706. The first-order valence-electron chi connectivity index (χ1n) is 4.97. The minimum Gasteiger partial charge on any atom is -0.352 e. The van der Waals surface area contributed by atoms with Crippen LogP contribution in [0.2, 0.25) is 0 Å². The molecular formula is C11H15N3O2. The van der Waals surface area contributed by atoms with Gasteiger partial charge in [-0.3, -0.25) is 4.79 Å². The summed E-state index contributed by atoms with van der Waals surface area (Å²) in [5, 5.41) is 4.97. The topological polar surface area (TPSA) is 84.2 Å². The van der Waals surface area contributed by atoms with Gasteiger partial charge in [-0.25, -0.2) is 4.79 Å². The fourth-order valence-electron chi connectivity index (χ4n) is 1.28. The predicted molar refractivity (Wildman–Crippen MR) is 60.6 cm³/mol. The lowest BCUT2D eigenvalue weighted by molar-refractivity contribution is -0.120. The van der Waals surface area contributed by atoms with Crippen LogP contribution in [0.4, 0.5) is 4.79 Å². The largest absolute Gasteiger partial charge is 0.352 e. The average Bonchev–Trinajstić information content (AvgIpc) is 2.27. The Kier molecular flexibility index (Phi) is 4.32. The van der Waals surface area contributed by atoms with E-state index in [9.17, 15) is 9.59 Å². The zero-order valence-corrected chi connectivity index (χ0v) is 9.07. The lowest BCUT2D eigenvalue weighted by atomic mass is 10.1. The summed E-state index contributed by atoms with van der Waals surface area (Å²) in [5.41, 5.74) is 5.86. The third kappa shape index (κ3) is 4.00. The van der Waals surface area contributed by atoms with E-state index in [0.29, 0.717) is 0 Å². The number of nitrogens with two attached hydrogens (primary N) is 1. The summed E-state index contributed by atoms with van der Waals surface area (Å²) < 4.78 is 0. The van der Waals surface area contributed by atoms with E-state index in [1.54, 1.807) is 0 Å². The Bertz CT molecular complexity index is 365. The minimum absolute atomic E-state index is 0.0941. The molecule has 1 atom stereocenters. The Morgan fingerprint density at radius 2 is 1.94 bits per heavy atom. The molecule has 5 nitrogen and oxygen atoms in total. The van der Waals surface area contributed by atoms with Gasteiger partial charge in [-0.2, -0.15) is 0 Å². The van der Waals surface area contributed by atoms with Crippen molar-refractivity contribution in [2.45, 2.75) is 13.0 Å². The fourth-order valence-corrected chi connectivity index (χ4v) is 1.28. The molecule has 0 unspecified atom stereocenters. The Morgan fingerprint density at radius 1 is 1.31 bits per heavy atom. The summed E-state index contributed by atoms with van der Waals surface area (Å²) in [5.74, 6) is -0.268. The third-order valence-electron chi connectivity index (χ3n) is 2.10. The Labute approximate surface area is 94.0 Å². The maximum atomic E-state index is 11.3. The Hall–Kier alpha value is -2.04. The van der Waals surface area contributed by atoms with Gasteiger partial charge in [-0.05, 0) is 12.5 Å². The van der Waals surface area contributed by atoms with E-state index in [1.165, 1.54) is 0 Å². The van der Waals surface area contributed by atoms with Crippen molar-refractivity contribution in [3.8, 4) is 0 Å². The van der Waals surface area contributed by atoms with Gasteiger partial charge < -0.3 is 16.4 Å². The second-order valence-corrected chi connectivity index (χ2v) is 3.42. The van der Waals surface area contributed by atoms with Crippen molar-refractivity contribution in [2.75, 3.05) is 6.54 Å². The van der Waals surface area contributed by atoms with Gasteiger partial charge in [0.1, 0.15) is 0 Å². The molecule has 0 aromatic heterocycles. The molecule has 16 heavy (non-hydrogen) atoms. The molecule has 0 radical (unpaired) electrons. The second-order valence-electron chi connectivity index (χ2n) is 3.42. The highest BCUT2D eigenvalue weighted by molar-refractivity contribution is 5.83. The first kappa shape index (κ1) is 12.0. The molecule has 86 valence electrons. The SMILES string of the molecule is C[C@@H](NC(=O)CNC(N)=O)c1ccccc1. The summed E-state index contributed by atoms with van der Waals surface area (Å²) in [6, 6.07) is 8.76. The van der Waals surface area contributed by atoms with E-state index >= 15 is 0 Å². The quantitative estimate of drug-likeness (QED) is 0.693. The smallest absolute Gasteiger partial charge is 0.312 e. The Morgan fingerprint density at radius 3 is 2.50 bits per heavy atom. The van der Waals surface area contributed by atoms with Crippen LogP contribution >= 0.6 is 0 Å². The van der Waals surface area contributed by atoms with E-state index in [-0.39, 0.29) is 18.5 Å². The van der Waals surface area contributed by atoms with Gasteiger partial charge in [0.2, 0.25) is 5.91 Å². The van der Waals surface area contributed by atoms with Crippen LogP contribution in [0.15, 0.2) is 30.3 Å². The van der Waals surface area contributed by atoms with E-state index in [2.05, 4.69) is 10.6 Å². The molecule has 1 rings (SSSR count). The molecule has 0 saturated carbocycles. The number of primary amides is 1. The molecule has 4 N–H and O–H groups in total. The van der Waals surface area contributed by atoms with Crippen molar-refractivity contribution in [1.82, 2.24) is 10.6 Å². The number of urea groups is 1. The van der Waals surface area contributed by atoms with Crippen molar-refractivity contribution >= 4 is 11.9 Å². The van der Waals surface area contributed by atoms with Crippen LogP contribution < -0.4 is 16.4 Å². The number of carbonyl (C=O) groups is 2. The third-order valence-corrected chi connectivity index (χ3v) is 2.10. The van der Waals surface area contributed by atoms with E-state index in [4.69, 9.17) is 5.73 Å². The standard InChI is InChI=1S/C11H15N3O2/c1-8(9-5-3-2-4-6-9)14-10(15)7-13-11(12)16/h2-6,8H,7H2,1H3,(H,14,15)(H3,12,13,16)/t8-/m1/s1. The second kappa shape index (κ2) is 5.75. The highest BCUT2D eigenvalue weighted by atomic mass is 16.2. The molecular weight excluding hydrogens is 206 g/mol. The van der Waals surface area contributed by atoms with Crippen LogP contribution in [0.5, 0.6) is 0 Å². The normalized spacial score (nSPS) is 11.6. The predicted octanol–water partition coefficient (Wildman–Crippen LogP) is 0.532. The molecule has 0 bridgehead atoms. The molecule has 0 aliphatic heterocycles. The van der Waals surface area contributed by atoms with Crippen molar-refractivity contribution in [3.63, 3.8) is 0 Å². The molecule has 0 aliphatic rings. The highest BCUT2D eigenvalue weighted by Gasteiger charge is 2.08. The number of hydrogen-bond donors (Lipinski definition) is 3. The van der Waals surface area contributed by atoms with Crippen LogP contribution in [-0.4, -0.2) is 18.5 Å². The first-order chi connectivity index (χ1) is 7.59. The van der Waals surface area contributed by atoms with Crippen molar-refractivity contribution in [2.24, 2.45) is 5.73 Å². The summed E-state index contributed by atoms with van der Waals surface area (Å²) in [4.78, 5) is 21.7. The van der Waals surface area contributed by atoms with Crippen LogP contribution in [0.3, 0.4) is 0 Å². The first-order valence-corrected chi connectivity index (χ1v) is 4.97. The van der Waals surface area contributed by atoms with Crippen LogP contribution in [0, 0.1) is 0 Å². The van der Waals surface area contributed by atoms with E-state index in [0.717, 1.165) is 5.56 Å². The molecule has 1 aromatic carbocycles. The zero-order chi connectivity index (χ0) is 12.0. The molecule has 1 aromatic rings. The van der Waals surface area contributed by atoms with Gasteiger partial charge in [0, 0.05) is 0 Å². The number of amides is 3. The molecule has 0 spiro atoms. The molecule has 5 heteroatoms. The number of hydrogen-bond acceptors (Lipinski definition) is 2. The van der Waals surface area contributed by atoms with E-state index < -0.39 is 6.03 Å². The molecule has 0 heterocycles. The van der Waals surface area contributed by atoms with Gasteiger partial charge in [-0.1, -0.05) is 30.3 Å². The van der Waals surface area contributed by atoms with Crippen molar-refractivity contribution in [1.29, 1.82) is 0 Å². The number of carbonyl (C=O) groups excluding carboxylic acids is 2. The van der Waals surface area contributed by atoms with Gasteiger partial charge >= 0.3 is 6.03 Å². The summed E-state index contributed by atoms with van der Waals surface area (Å²) in [6.07, 6.45) is 0. The van der Waals surface area contributed by atoms with Gasteiger partial charge in [0.15, 0.2) is 0 Å². The Balaban J connectivity index is 2.43. The summed E-state index contributed by atoms with van der Waals surface area (Å²) in [6.45, 7) is 1.77. The van der Waals surface area contributed by atoms with Crippen LogP contribution in [0.25, 0.3) is 0 Å². The number of nitrogens with one attached hydrogen (secondary N) is 2. The number of rotatable bonds is 4. The fraction of sp³-hybridized carbons (Fsp3) is 0.273. The summed E-state index contributed by atoms with van der Waals surface area (Å²) in [7, 11) is 0. The maximum Gasteiger partial charge on any atom is 0.312 e. The van der Waals surface area contributed by atoms with Gasteiger partial charge in [0.25, 0.3) is 0 Å². The van der Waals surface area contributed by atoms with Crippen molar-refractivity contribution in [3.05, 3.63) is 35.9 Å². The molecule has 0 aliphatic carbocycles. The molecule has 0 fully saturated rings. The molecule has 3 amide bonds. The van der Waals surface area contributed by atoms with Crippen LogP contribution in [0.1, 0.15) is 18.5 Å². The van der Waals surface area contributed by atoms with Gasteiger partial charge in [-0.15, -0.1) is 0 Å². The lowest BCUT2D eigenvalue weighted by Gasteiger charge is -2.14. The zero-order valence-electron chi connectivity index (χ0n) is 9.07. The highest BCUT2D eigenvalue weighted by Crippen LogP contribution is 2.10. The van der Waals surface area contributed by atoms with E-state index in [1.807, 2.05) is 37.3 Å². The number of benzene rings is 1. The maximum absolute atomic E-state index is 11.3. The van der Waals surface area contributed by atoms with Crippen LogP contribution in [-0.2, 0) is 4.79 Å². The average molecular weight is 221 g/mol. The monoisotopic (exact) mass is 221 g/mol.